The molecule has 2 atom stereocenters. The molecule has 0 bridgehead atoms. The highest BCUT2D eigenvalue weighted by Crippen LogP contribution is 2.14. The number of rotatable bonds is 6. The lowest BCUT2D eigenvalue weighted by Crippen LogP contribution is -2.48. The van der Waals surface area contributed by atoms with E-state index in [1.807, 2.05) is 13.8 Å². The van der Waals surface area contributed by atoms with E-state index >= 15 is 0 Å². The molecule has 0 aromatic heterocycles. The van der Waals surface area contributed by atoms with Crippen molar-refractivity contribution in [2.45, 2.75) is 45.3 Å². The number of nitrogens with one attached hydrogen (secondary N) is 1. The lowest BCUT2D eigenvalue weighted by atomic mass is 10.0. The highest BCUT2D eigenvalue weighted by Gasteiger charge is 2.31. The van der Waals surface area contributed by atoms with E-state index < -0.39 is 5.60 Å². The zero-order valence-electron chi connectivity index (χ0n) is 9.59. The molecule has 2 unspecified atom stereocenters. The van der Waals surface area contributed by atoms with Crippen LogP contribution in [0.5, 0.6) is 0 Å². The summed E-state index contributed by atoms with van der Waals surface area (Å²) < 4.78 is 5.18. The summed E-state index contributed by atoms with van der Waals surface area (Å²) in [6.07, 6.45) is 1.44. The van der Waals surface area contributed by atoms with Crippen molar-refractivity contribution in [3.8, 4) is 0 Å². The van der Waals surface area contributed by atoms with Crippen molar-refractivity contribution in [2.24, 2.45) is 5.73 Å². The Morgan fingerprint density at radius 1 is 1.64 bits per heavy atom. The molecule has 84 valence electrons. The topological polar surface area (TPSA) is 64.3 Å². The Balaban J connectivity index is 4.18. The van der Waals surface area contributed by atoms with Gasteiger partial charge < -0.3 is 15.8 Å². The monoisotopic (exact) mass is 202 g/mol. The minimum Gasteiger partial charge on any atom is -0.369 e. The average molecular weight is 202 g/mol. The van der Waals surface area contributed by atoms with Crippen molar-refractivity contribution >= 4 is 5.91 Å². The smallest absolute Gasteiger partial charge is 0.252 e. The van der Waals surface area contributed by atoms with E-state index in [1.54, 1.807) is 14.0 Å². The predicted octanol–water partition coefficient (Wildman–Crippen LogP) is 0.655. The molecule has 4 heteroatoms. The molecule has 0 aliphatic heterocycles. The summed E-state index contributed by atoms with van der Waals surface area (Å²) in [5.74, 6) is -0.0662. The minimum atomic E-state index is -0.719. The van der Waals surface area contributed by atoms with Crippen LogP contribution < -0.4 is 11.1 Å². The number of amides is 1. The molecule has 0 aromatic rings. The highest BCUT2D eigenvalue weighted by molar-refractivity contribution is 5.84. The number of hydrogen-bond acceptors (Lipinski definition) is 3. The first-order valence-corrected chi connectivity index (χ1v) is 5.06. The second kappa shape index (κ2) is 5.98. The molecule has 0 rings (SSSR count). The van der Waals surface area contributed by atoms with E-state index in [-0.39, 0.29) is 11.9 Å². The van der Waals surface area contributed by atoms with Crippen molar-refractivity contribution in [1.82, 2.24) is 5.32 Å². The van der Waals surface area contributed by atoms with Crippen LogP contribution in [0.4, 0.5) is 0 Å². The number of carbonyl (C=O) groups excluding carboxylic acids is 1. The third-order valence-corrected chi connectivity index (χ3v) is 2.58. The molecular formula is C10H22N2O2. The Morgan fingerprint density at radius 3 is 2.57 bits per heavy atom. The summed E-state index contributed by atoms with van der Waals surface area (Å²) in [7, 11) is 1.55. The van der Waals surface area contributed by atoms with Crippen molar-refractivity contribution in [3.05, 3.63) is 0 Å². The lowest BCUT2D eigenvalue weighted by Gasteiger charge is -2.27. The van der Waals surface area contributed by atoms with E-state index in [9.17, 15) is 4.79 Å². The molecule has 0 saturated carbocycles. The van der Waals surface area contributed by atoms with Crippen molar-refractivity contribution in [3.63, 3.8) is 0 Å². The summed E-state index contributed by atoms with van der Waals surface area (Å²) >= 11 is 0. The summed E-state index contributed by atoms with van der Waals surface area (Å²) in [4.78, 5) is 11.7. The van der Waals surface area contributed by atoms with Crippen molar-refractivity contribution in [1.29, 1.82) is 0 Å². The Bertz CT molecular complexity index is 179. The molecule has 4 nitrogen and oxygen atoms in total. The maximum atomic E-state index is 11.7. The lowest BCUT2D eigenvalue weighted by molar-refractivity contribution is -0.142. The van der Waals surface area contributed by atoms with E-state index in [0.717, 1.165) is 6.42 Å². The van der Waals surface area contributed by atoms with Crippen LogP contribution in [-0.2, 0) is 9.53 Å². The van der Waals surface area contributed by atoms with Gasteiger partial charge >= 0.3 is 0 Å². The van der Waals surface area contributed by atoms with Gasteiger partial charge in [0, 0.05) is 13.2 Å². The Hall–Kier alpha value is -0.610. The van der Waals surface area contributed by atoms with Gasteiger partial charge in [-0.15, -0.1) is 0 Å². The van der Waals surface area contributed by atoms with E-state index in [4.69, 9.17) is 10.5 Å². The van der Waals surface area contributed by atoms with Crippen LogP contribution in [0.15, 0.2) is 0 Å². The van der Waals surface area contributed by atoms with E-state index in [0.29, 0.717) is 13.0 Å². The van der Waals surface area contributed by atoms with Crippen molar-refractivity contribution < 1.29 is 9.53 Å². The molecular weight excluding hydrogens is 180 g/mol. The number of nitrogens with two attached hydrogens (primary N) is 1. The quantitative estimate of drug-likeness (QED) is 0.665. The molecule has 0 radical (unpaired) electrons. The first kappa shape index (κ1) is 13.4. The van der Waals surface area contributed by atoms with Gasteiger partial charge in [0.15, 0.2) is 0 Å². The maximum absolute atomic E-state index is 11.7. The Labute approximate surface area is 86.2 Å². The van der Waals surface area contributed by atoms with E-state index in [1.165, 1.54) is 0 Å². The molecule has 0 saturated heterocycles. The minimum absolute atomic E-state index is 0.0662. The molecule has 0 fully saturated rings. The summed E-state index contributed by atoms with van der Waals surface area (Å²) in [6.45, 7) is 6.24. The molecule has 0 aromatic carbocycles. The summed E-state index contributed by atoms with van der Waals surface area (Å²) in [5, 5.41) is 2.88. The van der Waals surface area contributed by atoms with Gasteiger partial charge in [-0.1, -0.05) is 6.92 Å². The van der Waals surface area contributed by atoms with Crippen LogP contribution in [0.1, 0.15) is 33.6 Å². The van der Waals surface area contributed by atoms with Gasteiger partial charge in [-0.25, -0.2) is 0 Å². The van der Waals surface area contributed by atoms with Gasteiger partial charge in [0.1, 0.15) is 5.60 Å². The fourth-order valence-electron chi connectivity index (χ4n) is 1.10. The third-order valence-electron chi connectivity index (χ3n) is 2.58. The zero-order valence-corrected chi connectivity index (χ0v) is 9.59. The van der Waals surface area contributed by atoms with Crippen LogP contribution in [0.25, 0.3) is 0 Å². The van der Waals surface area contributed by atoms with Crippen LogP contribution >= 0.6 is 0 Å². The molecule has 0 spiro atoms. The Kier molecular flexibility index (Phi) is 5.72. The fourth-order valence-corrected chi connectivity index (χ4v) is 1.10. The molecule has 0 aliphatic rings. The molecule has 0 heterocycles. The largest absolute Gasteiger partial charge is 0.369 e. The first-order chi connectivity index (χ1) is 6.50. The summed E-state index contributed by atoms with van der Waals surface area (Å²) in [6, 6.07) is 0.105. The van der Waals surface area contributed by atoms with Gasteiger partial charge in [-0.2, -0.15) is 0 Å². The van der Waals surface area contributed by atoms with Crippen LogP contribution in [0.2, 0.25) is 0 Å². The third kappa shape index (κ3) is 3.64. The molecule has 14 heavy (non-hydrogen) atoms. The number of carbonyl (C=O) groups is 1. The first-order valence-electron chi connectivity index (χ1n) is 5.06. The second-order valence-electron chi connectivity index (χ2n) is 3.74. The fraction of sp³-hybridized carbons (Fsp3) is 0.900. The maximum Gasteiger partial charge on any atom is 0.252 e. The molecule has 3 N–H and O–H groups in total. The number of methoxy groups -OCH3 is 1. The number of ether oxygens (including phenoxy) is 1. The normalized spacial score (nSPS) is 17.2. The van der Waals surface area contributed by atoms with E-state index in [2.05, 4.69) is 5.32 Å². The van der Waals surface area contributed by atoms with Crippen LogP contribution in [0, 0.1) is 0 Å². The van der Waals surface area contributed by atoms with Gasteiger partial charge in [-0.05, 0) is 33.2 Å². The predicted molar refractivity (Wildman–Crippen MR) is 57.0 cm³/mol. The van der Waals surface area contributed by atoms with Crippen molar-refractivity contribution in [2.75, 3.05) is 13.7 Å². The van der Waals surface area contributed by atoms with Gasteiger partial charge in [-0.3, -0.25) is 4.79 Å². The van der Waals surface area contributed by atoms with Gasteiger partial charge in [0.2, 0.25) is 0 Å². The van der Waals surface area contributed by atoms with Crippen LogP contribution in [-0.4, -0.2) is 31.2 Å². The van der Waals surface area contributed by atoms with Gasteiger partial charge in [0.25, 0.3) is 5.91 Å². The highest BCUT2D eigenvalue weighted by atomic mass is 16.5. The Morgan fingerprint density at radius 2 is 2.21 bits per heavy atom. The molecule has 0 aliphatic carbocycles. The SMILES string of the molecule is CCC(C)(OC)C(=O)NC(C)CCN. The zero-order chi connectivity index (χ0) is 11.2. The molecule has 1 amide bonds. The van der Waals surface area contributed by atoms with Gasteiger partial charge in [0.05, 0.1) is 0 Å². The summed E-state index contributed by atoms with van der Waals surface area (Å²) in [5.41, 5.74) is 4.68. The number of hydrogen-bond donors (Lipinski definition) is 2. The standard InChI is InChI=1S/C10H22N2O2/c1-5-10(3,14-4)9(13)12-8(2)6-7-11/h8H,5-7,11H2,1-4H3,(H,12,13). The second-order valence-corrected chi connectivity index (χ2v) is 3.74. The average Bonchev–Trinajstić information content (AvgIpc) is 2.16. The van der Waals surface area contributed by atoms with Crippen LogP contribution in [0.3, 0.4) is 0 Å².